The van der Waals surface area contributed by atoms with E-state index in [1.165, 1.54) is 6.92 Å². The lowest BCUT2D eigenvalue weighted by molar-refractivity contribution is -0.139. The summed E-state index contributed by atoms with van der Waals surface area (Å²) >= 11 is 0. The van der Waals surface area contributed by atoms with Crippen LogP contribution in [0, 0.1) is 0 Å². The third-order valence-electron chi connectivity index (χ3n) is 4.58. The number of ether oxygens (including phenoxy) is 2. The fourth-order valence-electron chi connectivity index (χ4n) is 3.43. The average Bonchev–Trinajstić information content (AvgIpc) is 3.12. The summed E-state index contributed by atoms with van der Waals surface area (Å²) in [6.07, 6.45) is 0.263. The molecule has 1 atom stereocenters. The monoisotopic (exact) mass is 377 g/mol. The van der Waals surface area contributed by atoms with E-state index in [0.29, 0.717) is 11.1 Å². The minimum atomic E-state index is -0.505. The Balaban J connectivity index is 1.87. The lowest BCUT2D eigenvalue weighted by Crippen LogP contribution is -2.25. The second kappa shape index (κ2) is 7.26. The van der Waals surface area contributed by atoms with Crippen molar-refractivity contribution in [2.45, 2.75) is 26.3 Å². The minimum Gasteiger partial charge on any atom is -0.463 e. The SMILES string of the molecule is CCOC(=O)C1=C(OC(C)=O)c2ccccc2C(n2nc3ccccc3n2)C1. The number of rotatable bonds is 4. The topological polar surface area (TPSA) is 83.3 Å². The van der Waals surface area contributed by atoms with Gasteiger partial charge in [0.05, 0.1) is 12.2 Å². The molecule has 0 fully saturated rings. The van der Waals surface area contributed by atoms with Crippen molar-refractivity contribution in [2.24, 2.45) is 0 Å². The Morgan fingerprint density at radius 3 is 2.36 bits per heavy atom. The molecule has 0 bridgehead atoms. The molecule has 2 aromatic carbocycles. The van der Waals surface area contributed by atoms with Crippen molar-refractivity contribution in [3.8, 4) is 0 Å². The molecule has 7 heteroatoms. The molecule has 1 aliphatic rings. The van der Waals surface area contributed by atoms with Crippen LogP contribution in [0.2, 0.25) is 0 Å². The molecule has 142 valence electrons. The molecule has 1 aromatic heterocycles. The van der Waals surface area contributed by atoms with Gasteiger partial charge in [-0.2, -0.15) is 15.0 Å². The van der Waals surface area contributed by atoms with Gasteiger partial charge < -0.3 is 9.47 Å². The van der Waals surface area contributed by atoms with Gasteiger partial charge >= 0.3 is 11.9 Å². The van der Waals surface area contributed by atoms with Crippen LogP contribution in [0.3, 0.4) is 0 Å². The van der Waals surface area contributed by atoms with Crippen molar-refractivity contribution in [2.75, 3.05) is 6.61 Å². The fourth-order valence-corrected chi connectivity index (χ4v) is 3.43. The van der Waals surface area contributed by atoms with E-state index in [9.17, 15) is 9.59 Å². The predicted molar refractivity (Wildman–Crippen MR) is 102 cm³/mol. The number of carbonyl (C=O) groups excluding carboxylic acids is 2. The minimum absolute atomic E-state index is 0.228. The molecule has 0 saturated heterocycles. The first-order chi connectivity index (χ1) is 13.6. The summed E-state index contributed by atoms with van der Waals surface area (Å²) in [5, 5.41) is 9.17. The van der Waals surface area contributed by atoms with E-state index < -0.39 is 11.9 Å². The van der Waals surface area contributed by atoms with Crippen LogP contribution in [-0.2, 0) is 19.1 Å². The number of nitrogens with zero attached hydrogens (tertiary/aromatic N) is 3. The molecule has 1 aliphatic carbocycles. The molecule has 0 aliphatic heterocycles. The van der Waals surface area contributed by atoms with E-state index in [1.54, 1.807) is 11.7 Å². The van der Waals surface area contributed by atoms with E-state index in [0.717, 1.165) is 16.6 Å². The van der Waals surface area contributed by atoms with Gasteiger partial charge in [-0.15, -0.1) is 0 Å². The van der Waals surface area contributed by atoms with Crippen LogP contribution in [0.25, 0.3) is 16.8 Å². The summed E-state index contributed by atoms with van der Waals surface area (Å²) < 4.78 is 10.6. The fraction of sp³-hybridized carbons (Fsp3) is 0.238. The summed E-state index contributed by atoms with van der Waals surface area (Å²) in [5.74, 6) is -0.752. The highest BCUT2D eigenvalue weighted by Gasteiger charge is 2.34. The van der Waals surface area contributed by atoms with Gasteiger partial charge in [-0.25, -0.2) is 4.79 Å². The van der Waals surface area contributed by atoms with E-state index in [2.05, 4.69) is 10.2 Å². The summed E-state index contributed by atoms with van der Waals surface area (Å²) in [6.45, 7) is 3.28. The van der Waals surface area contributed by atoms with Gasteiger partial charge in [0.15, 0.2) is 0 Å². The van der Waals surface area contributed by atoms with Crippen LogP contribution in [0.5, 0.6) is 0 Å². The van der Waals surface area contributed by atoms with Gasteiger partial charge in [-0.05, 0) is 24.6 Å². The Morgan fingerprint density at radius 2 is 1.71 bits per heavy atom. The lowest BCUT2D eigenvalue weighted by atomic mass is 9.86. The molecule has 28 heavy (non-hydrogen) atoms. The van der Waals surface area contributed by atoms with Gasteiger partial charge in [-0.3, -0.25) is 4.79 Å². The molecule has 0 amide bonds. The zero-order chi connectivity index (χ0) is 19.7. The van der Waals surface area contributed by atoms with E-state index in [4.69, 9.17) is 9.47 Å². The van der Waals surface area contributed by atoms with E-state index in [1.807, 2.05) is 48.5 Å². The normalized spacial score (nSPS) is 16.0. The Hall–Kier alpha value is -3.48. The second-order valence-corrected chi connectivity index (χ2v) is 6.44. The first kappa shape index (κ1) is 17.9. The molecule has 1 unspecified atom stereocenters. The van der Waals surface area contributed by atoms with Crippen LogP contribution < -0.4 is 0 Å². The Bertz CT molecular complexity index is 1070. The standard InChI is InChI=1S/C21H19N3O4/c1-3-27-21(26)16-12-19(24-22-17-10-6-7-11-18(17)23-24)14-8-4-5-9-15(14)20(16)28-13(2)25/h4-11,19H,3,12H2,1-2H3. The first-order valence-corrected chi connectivity index (χ1v) is 9.08. The van der Waals surface area contributed by atoms with Gasteiger partial charge in [0.25, 0.3) is 0 Å². The largest absolute Gasteiger partial charge is 0.463 e. The summed E-state index contributed by atoms with van der Waals surface area (Å²) in [6, 6.07) is 14.7. The molecule has 4 rings (SSSR count). The highest BCUT2D eigenvalue weighted by Crippen LogP contribution is 2.40. The summed E-state index contributed by atoms with van der Waals surface area (Å²) in [7, 11) is 0. The van der Waals surface area contributed by atoms with Crippen LogP contribution in [0.4, 0.5) is 0 Å². The molecule has 0 N–H and O–H groups in total. The second-order valence-electron chi connectivity index (χ2n) is 6.44. The van der Waals surface area contributed by atoms with Gasteiger partial charge in [0, 0.05) is 18.9 Å². The highest BCUT2D eigenvalue weighted by atomic mass is 16.5. The van der Waals surface area contributed by atoms with Crippen LogP contribution >= 0.6 is 0 Å². The first-order valence-electron chi connectivity index (χ1n) is 9.08. The number of fused-ring (bicyclic) bond motifs is 2. The van der Waals surface area contributed by atoms with Crippen molar-refractivity contribution in [1.29, 1.82) is 0 Å². The maximum atomic E-state index is 12.6. The van der Waals surface area contributed by atoms with E-state index >= 15 is 0 Å². The molecule has 7 nitrogen and oxygen atoms in total. The van der Waals surface area contributed by atoms with Crippen LogP contribution in [-0.4, -0.2) is 33.5 Å². The van der Waals surface area contributed by atoms with Gasteiger partial charge in [0.1, 0.15) is 22.8 Å². The molecule has 0 radical (unpaired) electrons. The Kier molecular flexibility index (Phi) is 4.65. The quantitative estimate of drug-likeness (QED) is 0.649. The number of aromatic nitrogens is 3. The van der Waals surface area contributed by atoms with Crippen molar-refractivity contribution >= 4 is 28.7 Å². The average molecular weight is 377 g/mol. The lowest BCUT2D eigenvalue weighted by Gasteiger charge is -2.27. The van der Waals surface area contributed by atoms with Crippen molar-refractivity contribution in [3.63, 3.8) is 0 Å². The molecule has 3 aromatic rings. The maximum Gasteiger partial charge on any atom is 0.337 e. The molecule has 0 spiro atoms. The van der Waals surface area contributed by atoms with Crippen molar-refractivity contribution in [3.05, 3.63) is 65.2 Å². The Morgan fingerprint density at radius 1 is 1.07 bits per heavy atom. The summed E-state index contributed by atoms with van der Waals surface area (Å²) in [5.41, 5.74) is 3.40. The number of hydrogen-bond donors (Lipinski definition) is 0. The number of carbonyl (C=O) groups is 2. The van der Waals surface area contributed by atoms with Crippen LogP contribution in [0.1, 0.15) is 37.4 Å². The predicted octanol–water partition coefficient (Wildman–Crippen LogP) is 3.26. The van der Waals surface area contributed by atoms with Gasteiger partial charge in [-0.1, -0.05) is 36.4 Å². The number of benzene rings is 2. The number of hydrogen-bond acceptors (Lipinski definition) is 6. The van der Waals surface area contributed by atoms with Crippen molar-refractivity contribution < 1.29 is 19.1 Å². The molecule has 1 heterocycles. The Labute approximate surface area is 161 Å². The number of esters is 2. The molecular weight excluding hydrogens is 358 g/mol. The third kappa shape index (κ3) is 3.15. The zero-order valence-corrected chi connectivity index (χ0v) is 15.6. The van der Waals surface area contributed by atoms with Crippen molar-refractivity contribution in [1.82, 2.24) is 15.0 Å². The molecule has 0 saturated carbocycles. The molecular formula is C21H19N3O4. The third-order valence-corrected chi connectivity index (χ3v) is 4.58. The zero-order valence-electron chi connectivity index (χ0n) is 15.6. The van der Waals surface area contributed by atoms with Crippen LogP contribution in [0.15, 0.2) is 54.1 Å². The smallest absolute Gasteiger partial charge is 0.337 e. The van der Waals surface area contributed by atoms with Gasteiger partial charge in [0.2, 0.25) is 0 Å². The summed E-state index contributed by atoms with van der Waals surface area (Å²) in [4.78, 5) is 25.9. The van der Waals surface area contributed by atoms with E-state index in [-0.39, 0.29) is 24.8 Å². The maximum absolute atomic E-state index is 12.6. The highest BCUT2D eigenvalue weighted by molar-refractivity contribution is 5.99.